The smallest absolute Gasteiger partial charge is 0.175 e. The molecule has 2 atom stereocenters. The molecule has 8 nitrogen and oxygen atoms in total. The van der Waals surface area contributed by atoms with Crippen LogP contribution in [0.15, 0.2) is 64.4 Å². The van der Waals surface area contributed by atoms with E-state index in [2.05, 4.69) is 19.4 Å². The van der Waals surface area contributed by atoms with Gasteiger partial charge in [-0.15, -0.1) is 0 Å². The van der Waals surface area contributed by atoms with Gasteiger partial charge in [0.15, 0.2) is 20.0 Å². The molecule has 1 N–H and O–H groups in total. The number of hydrogen-bond acceptors (Lipinski definition) is 9. The van der Waals surface area contributed by atoms with E-state index in [-0.39, 0.29) is 17.0 Å². The van der Waals surface area contributed by atoms with Crippen molar-refractivity contribution in [2.24, 2.45) is 0 Å². The van der Waals surface area contributed by atoms with Gasteiger partial charge in [0.25, 0.3) is 0 Å². The quantitative estimate of drug-likeness (QED) is 0.349. The fourth-order valence-electron chi connectivity index (χ4n) is 3.31. The minimum Gasteiger partial charge on any atom is -0.382 e. The first kappa shape index (κ1) is 24.4. The second-order valence-corrected chi connectivity index (χ2v) is 11.9. The van der Waals surface area contributed by atoms with Crippen molar-refractivity contribution < 1.29 is 22.3 Å². The monoisotopic (exact) mass is 523 g/mol. The molecule has 2 heterocycles. The predicted octanol–water partition coefficient (Wildman–Crippen LogP) is 3.55. The summed E-state index contributed by atoms with van der Waals surface area (Å²) in [7, 11) is -3.32. The van der Waals surface area contributed by atoms with Gasteiger partial charge in [-0.25, -0.2) is 31.8 Å². The van der Waals surface area contributed by atoms with Gasteiger partial charge in [0.05, 0.1) is 11.4 Å². The molecule has 0 unspecified atom stereocenters. The second kappa shape index (κ2) is 9.49. The number of halogens is 2. The minimum absolute atomic E-state index is 0.0782. The summed E-state index contributed by atoms with van der Waals surface area (Å²) < 4.78 is 57.7. The Morgan fingerprint density at radius 2 is 1.94 bits per heavy atom. The summed E-state index contributed by atoms with van der Waals surface area (Å²) in [6, 6.07) is 9.22. The van der Waals surface area contributed by atoms with E-state index in [1.54, 1.807) is 19.1 Å². The normalized spacial score (nSPS) is 14.6. The van der Waals surface area contributed by atoms with Gasteiger partial charge in [0.2, 0.25) is 0 Å². The summed E-state index contributed by atoms with van der Waals surface area (Å²) in [5.41, 5.74) is -1.23. The third kappa shape index (κ3) is 5.17. The number of thioether (sulfide) groups is 1. The maximum Gasteiger partial charge on any atom is 0.175 e. The summed E-state index contributed by atoms with van der Waals surface area (Å²) in [4.78, 5) is 8.52. The first-order valence-electron chi connectivity index (χ1n) is 9.87. The van der Waals surface area contributed by atoms with Crippen molar-refractivity contribution in [1.82, 2.24) is 24.1 Å². The summed E-state index contributed by atoms with van der Waals surface area (Å²) in [6.07, 6.45) is 3.82. The SMILES string of the molecule is C[C@@H](Sc1nc(-c2ccc(S(C)(=O)=O)cc2)ns1)[C@](O)(Cn1cncn1)c1ccc(F)cc1F. The van der Waals surface area contributed by atoms with E-state index in [1.807, 2.05) is 0 Å². The molecule has 34 heavy (non-hydrogen) atoms. The van der Waals surface area contributed by atoms with Crippen LogP contribution < -0.4 is 0 Å². The Labute approximate surface area is 202 Å². The van der Waals surface area contributed by atoms with Crippen molar-refractivity contribution in [3.8, 4) is 11.4 Å². The average molecular weight is 524 g/mol. The molecule has 2 aromatic carbocycles. The lowest BCUT2D eigenvalue weighted by atomic mass is 9.90. The zero-order chi connectivity index (χ0) is 24.5. The maximum absolute atomic E-state index is 14.7. The van der Waals surface area contributed by atoms with Gasteiger partial charge in [0, 0.05) is 28.7 Å². The molecule has 2 aromatic heterocycles. The highest BCUT2D eigenvalue weighted by Gasteiger charge is 2.40. The minimum atomic E-state index is -3.32. The molecule has 178 valence electrons. The molecule has 0 aliphatic heterocycles. The summed E-state index contributed by atoms with van der Waals surface area (Å²) in [6.45, 7) is 1.58. The molecule has 0 aliphatic rings. The topological polar surface area (TPSA) is 111 Å². The van der Waals surface area contributed by atoms with Gasteiger partial charge in [-0.05, 0) is 48.8 Å². The Balaban J connectivity index is 1.61. The summed E-state index contributed by atoms with van der Waals surface area (Å²) in [5.74, 6) is -1.23. The molecule has 4 rings (SSSR count). The average Bonchev–Trinajstić information content (AvgIpc) is 3.45. The standard InChI is InChI=1S/C21H19F2N5O3S3/c1-13(21(29,10-28-12-24-11-25-28)17-8-5-15(22)9-18(17)23)32-20-26-19(27-33-20)14-3-6-16(7-4-14)34(2,30)31/h3-9,11-13,29H,10H2,1-2H3/t13-,21-/m1/s1. The van der Waals surface area contributed by atoms with E-state index < -0.39 is 32.3 Å². The van der Waals surface area contributed by atoms with Crippen molar-refractivity contribution in [3.63, 3.8) is 0 Å². The van der Waals surface area contributed by atoms with Crippen LogP contribution in [0, 0.1) is 11.6 Å². The van der Waals surface area contributed by atoms with Gasteiger partial charge < -0.3 is 5.11 Å². The summed E-state index contributed by atoms with van der Waals surface area (Å²) in [5, 5.41) is 15.0. The number of sulfone groups is 1. The van der Waals surface area contributed by atoms with Crippen molar-refractivity contribution in [2.45, 2.75) is 33.6 Å². The van der Waals surface area contributed by atoms with E-state index in [1.165, 1.54) is 47.3 Å². The zero-order valence-electron chi connectivity index (χ0n) is 18.0. The Bertz CT molecular complexity index is 1400. The van der Waals surface area contributed by atoms with Crippen molar-refractivity contribution in [1.29, 1.82) is 0 Å². The molecule has 0 bridgehead atoms. The second-order valence-electron chi connectivity index (χ2n) is 7.58. The third-order valence-electron chi connectivity index (χ3n) is 5.17. The highest BCUT2D eigenvalue weighted by Crippen LogP contribution is 2.40. The van der Waals surface area contributed by atoms with Crippen LogP contribution in [0.1, 0.15) is 12.5 Å². The highest BCUT2D eigenvalue weighted by atomic mass is 32.2. The van der Waals surface area contributed by atoms with Crippen LogP contribution in [0.3, 0.4) is 0 Å². The van der Waals surface area contributed by atoms with Crippen LogP contribution in [-0.4, -0.2) is 49.2 Å². The van der Waals surface area contributed by atoms with Crippen LogP contribution in [0.25, 0.3) is 11.4 Å². The van der Waals surface area contributed by atoms with Gasteiger partial charge in [-0.2, -0.15) is 9.47 Å². The first-order valence-corrected chi connectivity index (χ1v) is 13.4. The van der Waals surface area contributed by atoms with Gasteiger partial charge in [-0.1, -0.05) is 17.8 Å². The lowest BCUT2D eigenvalue weighted by Gasteiger charge is -2.33. The van der Waals surface area contributed by atoms with E-state index >= 15 is 0 Å². The molecule has 0 saturated heterocycles. The Hall–Kier alpha value is -2.74. The van der Waals surface area contributed by atoms with E-state index in [9.17, 15) is 22.3 Å². The van der Waals surface area contributed by atoms with Crippen LogP contribution in [0.2, 0.25) is 0 Å². The lowest BCUT2D eigenvalue weighted by molar-refractivity contribution is 0.0133. The van der Waals surface area contributed by atoms with Crippen LogP contribution in [-0.2, 0) is 22.0 Å². The molecule has 0 spiro atoms. The molecular formula is C21H19F2N5O3S3. The van der Waals surface area contributed by atoms with Gasteiger partial charge >= 0.3 is 0 Å². The van der Waals surface area contributed by atoms with E-state index in [0.29, 0.717) is 15.7 Å². The number of benzene rings is 2. The number of aromatic nitrogens is 5. The first-order chi connectivity index (χ1) is 16.1. The summed E-state index contributed by atoms with van der Waals surface area (Å²) >= 11 is 2.27. The molecule has 0 aliphatic carbocycles. The molecular weight excluding hydrogens is 504 g/mol. The molecule has 0 saturated carbocycles. The van der Waals surface area contributed by atoms with Gasteiger partial charge in [-0.3, -0.25) is 0 Å². The fourth-order valence-corrected chi connectivity index (χ4v) is 5.93. The number of aliphatic hydroxyl groups is 1. The molecule has 13 heteroatoms. The van der Waals surface area contributed by atoms with E-state index in [0.717, 1.165) is 29.9 Å². The third-order valence-corrected chi connectivity index (χ3v) is 8.35. The lowest BCUT2D eigenvalue weighted by Crippen LogP contribution is -2.41. The largest absolute Gasteiger partial charge is 0.382 e. The van der Waals surface area contributed by atoms with Crippen LogP contribution >= 0.6 is 23.3 Å². The zero-order valence-corrected chi connectivity index (χ0v) is 20.4. The molecule has 4 aromatic rings. The van der Waals surface area contributed by atoms with Crippen LogP contribution in [0.5, 0.6) is 0 Å². The Morgan fingerprint density at radius 3 is 2.56 bits per heavy atom. The van der Waals surface area contributed by atoms with Crippen molar-refractivity contribution >= 4 is 33.1 Å². The molecule has 0 amide bonds. The number of hydrogen-bond donors (Lipinski definition) is 1. The maximum atomic E-state index is 14.7. The van der Waals surface area contributed by atoms with Crippen molar-refractivity contribution in [2.75, 3.05) is 6.26 Å². The van der Waals surface area contributed by atoms with E-state index in [4.69, 9.17) is 0 Å². The van der Waals surface area contributed by atoms with Crippen LogP contribution in [0.4, 0.5) is 8.78 Å². The Morgan fingerprint density at radius 1 is 1.21 bits per heavy atom. The van der Waals surface area contributed by atoms with Crippen molar-refractivity contribution in [3.05, 3.63) is 72.3 Å². The number of nitrogens with zero attached hydrogens (tertiary/aromatic N) is 5. The highest BCUT2D eigenvalue weighted by molar-refractivity contribution is 8.01. The molecule has 0 fully saturated rings. The molecule has 0 radical (unpaired) electrons. The number of rotatable bonds is 8. The predicted molar refractivity (Wildman–Crippen MR) is 124 cm³/mol. The Kier molecular flexibility index (Phi) is 6.80. The van der Waals surface area contributed by atoms with Gasteiger partial charge in [0.1, 0.15) is 29.9 Å². The fraction of sp³-hybridized carbons (Fsp3) is 0.238.